The number of thioether (sulfide) groups is 1. The molecule has 0 atom stereocenters. The molecule has 0 spiro atoms. The highest BCUT2D eigenvalue weighted by atomic mass is 127. The van der Waals surface area contributed by atoms with E-state index in [9.17, 15) is 9.59 Å². The van der Waals surface area contributed by atoms with E-state index in [0.717, 1.165) is 19.6 Å². The number of methoxy groups -OCH3 is 1. The number of hydrogen-bond acceptors (Lipinski definition) is 6. The van der Waals surface area contributed by atoms with E-state index in [1.165, 1.54) is 37.2 Å². The number of nitrogens with zero attached hydrogens (tertiary/aromatic N) is 1. The summed E-state index contributed by atoms with van der Waals surface area (Å²) in [5, 5.41) is 13.7. The minimum Gasteiger partial charge on any atom is -0.493 e. The number of rotatable bonds is 10. The molecule has 34 heavy (non-hydrogen) atoms. The Morgan fingerprint density at radius 3 is 2.50 bits per heavy atom. The fraction of sp³-hybridized carbons (Fsp3) is 0.125. The molecule has 7 nitrogen and oxygen atoms in total. The number of ether oxygens (including phenoxy) is 2. The molecule has 0 saturated heterocycles. The number of carboxylic acids is 1. The summed E-state index contributed by atoms with van der Waals surface area (Å²) in [6.45, 7) is 0.251. The summed E-state index contributed by atoms with van der Waals surface area (Å²) < 4.78 is 12.2. The molecule has 2 N–H and O–H groups in total. The zero-order chi connectivity index (χ0) is 24.5. The third-order valence-corrected chi connectivity index (χ3v) is 6.49. The minimum atomic E-state index is -0.975. The number of halogens is 2. The van der Waals surface area contributed by atoms with Crippen molar-refractivity contribution in [2.45, 2.75) is 11.5 Å². The van der Waals surface area contributed by atoms with Gasteiger partial charge in [-0.05, 0) is 82.2 Å². The lowest BCUT2D eigenvalue weighted by atomic mass is 10.1. The number of carboxylic acid groups (broad SMARTS) is 1. The van der Waals surface area contributed by atoms with E-state index >= 15 is 0 Å². The molecular formula is C24H20ClIN2O5S. The van der Waals surface area contributed by atoms with E-state index in [4.69, 9.17) is 26.2 Å². The van der Waals surface area contributed by atoms with Crippen LogP contribution in [0.15, 0.2) is 70.7 Å². The summed E-state index contributed by atoms with van der Waals surface area (Å²) in [5.74, 6) is 0.0929. The Balaban J connectivity index is 1.57. The zero-order valence-corrected chi connectivity index (χ0v) is 21.7. The van der Waals surface area contributed by atoms with Crippen LogP contribution in [0.4, 0.5) is 0 Å². The summed E-state index contributed by atoms with van der Waals surface area (Å²) in [6.07, 6.45) is 1.53. The first-order valence-corrected chi connectivity index (χ1v) is 12.3. The van der Waals surface area contributed by atoms with Gasteiger partial charge in [-0.25, -0.2) is 10.2 Å². The number of aromatic carboxylic acids is 1. The molecule has 3 aromatic carbocycles. The monoisotopic (exact) mass is 610 g/mol. The van der Waals surface area contributed by atoms with E-state index in [-0.39, 0.29) is 23.8 Å². The summed E-state index contributed by atoms with van der Waals surface area (Å²) in [6, 6.07) is 17.3. The van der Waals surface area contributed by atoms with Gasteiger partial charge in [0.15, 0.2) is 11.5 Å². The van der Waals surface area contributed by atoms with Gasteiger partial charge >= 0.3 is 5.97 Å². The predicted octanol–water partition coefficient (Wildman–Crippen LogP) is 5.47. The second kappa shape index (κ2) is 12.6. The smallest absolute Gasteiger partial charge is 0.335 e. The quantitative estimate of drug-likeness (QED) is 0.137. The highest BCUT2D eigenvalue weighted by molar-refractivity contribution is 14.1. The maximum Gasteiger partial charge on any atom is 0.335 e. The average Bonchev–Trinajstić information content (AvgIpc) is 2.83. The lowest BCUT2D eigenvalue weighted by Gasteiger charge is -2.13. The van der Waals surface area contributed by atoms with Gasteiger partial charge in [-0.2, -0.15) is 5.10 Å². The van der Waals surface area contributed by atoms with Crippen LogP contribution < -0.4 is 14.9 Å². The first kappa shape index (κ1) is 25.9. The van der Waals surface area contributed by atoms with Crippen molar-refractivity contribution in [2.75, 3.05) is 12.9 Å². The van der Waals surface area contributed by atoms with Gasteiger partial charge in [-0.1, -0.05) is 23.7 Å². The van der Waals surface area contributed by atoms with Crippen LogP contribution in [-0.2, 0) is 11.4 Å². The Bertz CT molecular complexity index is 1190. The molecule has 0 aliphatic heterocycles. The summed E-state index contributed by atoms with van der Waals surface area (Å²) in [5.41, 5.74) is 4.28. The fourth-order valence-corrected chi connectivity index (χ4v) is 4.34. The van der Waals surface area contributed by atoms with Gasteiger partial charge in [-0.3, -0.25) is 4.79 Å². The molecule has 1 amide bonds. The van der Waals surface area contributed by atoms with Crippen LogP contribution in [0.25, 0.3) is 0 Å². The first-order chi connectivity index (χ1) is 16.4. The molecule has 10 heteroatoms. The second-order valence-electron chi connectivity index (χ2n) is 6.86. The van der Waals surface area contributed by atoms with E-state index in [2.05, 4.69) is 33.1 Å². The Morgan fingerprint density at radius 2 is 1.85 bits per heavy atom. The number of carbonyl (C=O) groups is 2. The van der Waals surface area contributed by atoms with Gasteiger partial charge in [0.05, 0.1) is 28.2 Å². The molecule has 0 heterocycles. The van der Waals surface area contributed by atoms with Crippen molar-refractivity contribution in [1.29, 1.82) is 0 Å². The lowest BCUT2D eigenvalue weighted by Crippen LogP contribution is -2.19. The van der Waals surface area contributed by atoms with E-state index in [1.807, 2.05) is 18.2 Å². The van der Waals surface area contributed by atoms with Gasteiger partial charge in [0.25, 0.3) is 0 Å². The Morgan fingerprint density at radius 1 is 1.15 bits per heavy atom. The molecular weight excluding hydrogens is 591 g/mol. The zero-order valence-electron chi connectivity index (χ0n) is 18.0. The Labute approximate surface area is 219 Å². The van der Waals surface area contributed by atoms with Crippen LogP contribution in [0, 0.1) is 3.57 Å². The summed E-state index contributed by atoms with van der Waals surface area (Å²) in [4.78, 5) is 24.0. The van der Waals surface area contributed by atoms with Gasteiger partial charge in [-0.15, -0.1) is 11.8 Å². The van der Waals surface area contributed by atoms with Crippen LogP contribution in [0.5, 0.6) is 11.5 Å². The predicted molar refractivity (Wildman–Crippen MR) is 141 cm³/mol. The normalized spacial score (nSPS) is 10.8. The van der Waals surface area contributed by atoms with Crippen LogP contribution in [0.2, 0.25) is 5.02 Å². The highest BCUT2D eigenvalue weighted by Gasteiger charge is 2.12. The van der Waals surface area contributed by atoms with Gasteiger partial charge in [0.2, 0.25) is 5.91 Å². The molecule has 0 aliphatic rings. The lowest BCUT2D eigenvalue weighted by molar-refractivity contribution is -0.118. The van der Waals surface area contributed by atoms with Crippen LogP contribution in [0.1, 0.15) is 21.5 Å². The van der Waals surface area contributed by atoms with Crippen molar-refractivity contribution in [2.24, 2.45) is 5.10 Å². The topological polar surface area (TPSA) is 97.2 Å². The second-order valence-corrected chi connectivity index (χ2v) is 9.51. The molecule has 0 unspecified atom stereocenters. The average molecular weight is 611 g/mol. The molecule has 0 aromatic heterocycles. The number of amides is 1. The maximum atomic E-state index is 12.0. The van der Waals surface area contributed by atoms with Crippen LogP contribution in [-0.4, -0.2) is 36.1 Å². The van der Waals surface area contributed by atoms with Crippen molar-refractivity contribution in [1.82, 2.24) is 5.43 Å². The fourth-order valence-electron chi connectivity index (χ4n) is 2.74. The van der Waals surface area contributed by atoms with Crippen molar-refractivity contribution < 1.29 is 24.2 Å². The number of carbonyl (C=O) groups excluding carboxylic acids is 1. The molecule has 3 aromatic rings. The van der Waals surface area contributed by atoms with Gasteiger partial charge < -0.3 is 14.6 Å². The molecule has 176 valence electrons. The number of nitrogens with one attached hydrogen (secondary N) is 1. The summed E-state index contributed by atoms with van der Waals surface area (Å²) in [7, 11) is 1.54. The van der Waals surface area contributed by atoms with E-state index in [0.29, 0.717) is 16.5 Å². The molecule has 0 saturated carbocycles. The van der Waals surface area contributed by atoms with Crippen molar-refractivity contribution in [3.63, 3.8) is 0 Å². The van der Waals surface area contributed by atoms with Crippen molar-refractivity contribution in [3.8, 4) is 11.5 Å². The Kier molecular flexibility index (Phi) is 9.61. The van der Waals surface area contributed by atoms with E-state index in [1.54, 1.807) is 30.3 Å². The van der Waals surface area contributed by atoms with Gasteiger partial charge in [0.1, 0.15) is 6.61 Å². The molecule has 0 fully saturated rings. The number of hydrazone groups is 1. The summed E-state index contributed by atoms with van der Waals surface area (Å²) >= 11 is 9.38. The number of benzene rings is 3. The third kappa shape index (κ3) is 7.64. The minimum absolute atomic E-state index is 0.218. The Hall–Kier alpha value is -2.76. The standard InChI is InChI=1S/C24H20ClIN2O5S/c1-32-21-11-16(12-27-28-22(29)14-34-19-8-6-18(25)7-9-19)10-20(26)23(21)33-13-15-2-4-17(5-3-15)24(30)31/h2-12H,13-14H2,1H3,(H,28,29)(H,30,31)/b27-12-. The SMILES string of the molecule is COc1cc(/C=N\NC(=O)CSc2ccc(Cl)cc2)cc(I)c1OCc1ccc(C(=O)O)cc1. The largest absolute Gasteiger partial charge is 0.493 e. The maximum absolute atomic E-state index is 12.0. The molecule has 0 aliphatic carbocycles. The molecule has 3 rings (SSSR count). The van der Waals surface area contributed by atoms with Crippen LogP contribution in [0.3, 0.4) is 0 Å². The van der Waals surface area contributed by atoms with Crippen LogP contribution >= 0.6 is 46.0 Å². The highest BCUT2D eigenvalue weighted by Crippen LogP contribution is 2.34. The van der Waals surface area contributed by atoms with Crippen molar-refractivity contribution >= 4 is 64.0 Å². The third-order valence-electron chi connectivity index (χ3n) is 4.42. The van der Waals surface area contributed by atoms with E-state index < -0.39 is 5.97 Å². The molecule has 0 radical (unpaired) electrons. The molecule has 0 bridgehead atoms. The van der Waals surface area contributed by atoms with Gasteiger partial charge in [0, 0.05) is 9.92 Å². The number of hydrogen-bond donors (Lipinski definition) is 2. The first-order valence-electron chi connectivity index (χ1n) is 9.88. The van der Waals surface area contributed by atoms with Crippen molar-refractivity contribution in [3.05, 3.63) is 85.9 Å².